The average Bonchev–Trinajstić information content (AvgIpc) is 3.15. The first-order chi connectivity index (χ1) is 14.8. The van der Waals surface area contributed by atoms with E-state index in [1.807, 2.05) is 13.8 Å². The predicted octanol–water partition coefficient (Wildman–Crippen LogP) is 0.686. The number of sulfonamides is 1. The Hall–Kier alpha value is -1.64. The van der Waals surface area contributed by atoms with Gasteiger partial charge in [0.1, 0.15) is 31.0 Å². The van der Waals surface area contributed by atoms with Crippen LogP contribution < -0.4 is 10.5 Å². The summed E-state index contributed by atoms with van der Waals surface area (Å²) in [5.74, 6) is -2.04. The normalized spacial score (nSPS) is 32.8. The van der Waals surface area contributed by atoms with Gasteiger partial charge in [-0.3, -0.25) is 4.79 Å². The molecule has 3 saturated heterocycles. The third-order valence-electron chi connectivity index (χ3n) is 5.23. The number of carbonyl (C=O) groups excluding carboxylic acids is 1. The average molecular weight is 473 g/mol. The van der Waals surface area contributed by atoms with Crippen LogP contribution in [-0.2, 0) is 43.2 Å². The van der Waals surface area contributed by atoms with Crippen LogP contribution in [0.3, 0.4) is 0 Å². The van der Waals surface area contributed by atoms with Gasteiger partial charge in [0.2, 0.25) is 15.9 Å². The Balaban J connectivity index is 1.32. The van der Waals surface area contributed by atoms with Crippen LogP contribution >= 0.6 is 0 Å². The zero-order valence-electron chi connectivity index (χ0n) is 18.3. The highest BCUT2D eigenvalue weighted by Gasteiger charge is 2.60. The number of ether oxygens (including phenoxy) is 6. The van der Waals surface area contributed by atoms with Crippen LogP contribution in [0.4, 0.5) is 5.69 Å². The summed E-state index contributed by atoms with van der Waals surface area (Å²) in [6.45, 7) is 7.06. The predicted molar refractivity (Wildman–Crippen MR) is 110 cm³/mol. The third-order valence-corrected chi connectivity index (χ3v) is 6.16. The van der Waals surface area contributed by atoms with Crippen molar-refractivity contribution in [1.29, 1.82) is 0 Å². The lowest BCUT2D eigenvalue weighted by Crippen LogP contribution is -2.56. The molecule has 4 rings (SSSR count). The number of primary sulfonamides is 1. The lowest BCUT2D eigenvalue weighted by Gasteiger charge is -2.37. The van der Waals surface area contributed by atoms with E-state index in [0.717, 1.165) is 0 Å². The lowest BCUT2D eigenvalue weighted by molar-refractivity contribution is -0.242. The van der Waals surface area contributed by atoms with E-state index in [4.69, 9.17) is 33.6 Å². The molecular formula is C20H28N2O9S. The number of carbonyl (C=O) groups is 1. The van der Waals surface area contributed by atoms with Gasteiger partial charge in [-0.05, 0) is 52.0 Å². The molecule has 5 atom stereocenters. The molecule has 3 aliphatic rings. The van der Waals surface area contributed by atoms with E-state index >= 15 is 0 Å². The van der Waals surface area contributed by atoms with Crippen LogP contribution in [0.2, 0.25) is 0 Å². The van der Waals surface area contributed by atoms with Crippen LogP contribution in [0.1, 0.15) is 27.7 Å². The first-order valence-corrected chi connectivity index (χ1v) is 11.7. The van der Waals surface area contributed by atoms with E-state index in [0.29, 0.717) is 5.69 Å². The summed E-state index contributed by atoms with van der Waals surface area (Å²) in [6.07, 6.45) is -2.44. The monoisotopic (exact) mass is 472 g/mol. The minimum atomic E-state index is -3.80. The number of nitrogens with one attached hydrogen (secondary N) is 1. The molecular weight excluding hydrogens is 444 g/mol. The Morgan fingerprint density at radius 3 is 2.25 bits per heavy atom. The molecule has 1 aromatic carbocycles. The molecule has 0 saturated carbocycles. The molecule has 11 nitrogen and oxygen atoms in total. The summed E-state index contributed by atoms with van der Waals surface area (Å²) in [5.41, 5.74) is 0.413. The molecule has 0 spiro atoms. The smallest absolute Gasteiger partial charge is 0.250 e. The van der Waals surface area contributed by atoms with Gasteiger partial charge in [-0.25, -0.2) is 13.6 Å². The molecule has 3 heterocycles. The largest absolute Gasteiger partial charge is 0.369 e. The molecule has 0 aliphatic carbocycles. The quantitative estimate of drug-likeness (QED) is 0.611. The molecule has 3 N–H and O–H groups in total. The van der Waals surface area contributed by atoms with Gasteiger partial charge in [0, 0.05) is 5.69 Å². The highest BCUT2D eigenvalue weighted by molar-refractivity contribution is 7.89. The molecule has 0 radical (unpaired) electrons. The van der Waals surface area contributed by atoms with E-state index in [2.05, 4.69) is 5.32 Å². The number of fused-ring (bicyclic) bond motifs is 3. The number of anilines is 1. The maximum absolute atomic E-state index is 12.2. The number of rotatable bonds is 6. The topological polar surface area (TPSA) is 145 Å². The fraction of sp³-hybridized carbons (Fsp3) is 0.650. The second-order valence-corrected chi connectivity index (χ2v) is 10.4. The van der Waals surface area contributed by atoms with Gasteiger partial charge in [0.25, 0.3) is 0 Å². The summed E-state index contributed by atoms with van der Waals surface area (Å²) >= 11 is 0. The number of nitrogens with two attached hydrogens (primary N) is 1. The van der Waals surface area contributed by atoms with Crippen molar-refractivity contribution in [3.63, 3.8) is 0 Å². The van der Waals surface area contributed by atoms with Crippen molar-refractivity contribution in [2.24, 2.45) is 5.14 Å². The first kappa shape index (κ1) is 23.5. The molecule has 0 aromatic heterocycles. The SMILES string of the molecule is CC1(C)O[C@@H]2O[C@H](COCC(=O)Nc3ccc(S(N)(=O)=O)cc3)[C@@H]3OC(C)(C)O[C@@H]3[C@@H]2O1. The van der Waals surface area contributed by atoms with Crippen molar-refractivity contribution >= 4 is 21.6 Å². The van der Waals surface area contributed by atoms with E-state index in [9.17, 15) is 13.2 Å². The van der Waals surface area contributed by atoms with Gasteiger partial charge in [0.05, 0.1) is 11.5 Å². The van der Waals surface area contributed by atoms with E-state index in [1.54, 1.807) is 13.8 Å². The summed E-state index contributed by atoms with van der Waals surface area (Å²) in [5, 5.41) is 7.69. The van der Waals surface area contributed by atoms with Gasteiger partial charge < -0.3 is 33.7 Å². The first-order valence-electron chi connectivity index (χ1n) is 10.2. The second-order valence-electron chi connectivity index (χ2n) is 8.84. The number of hydrogen-bond donors (Lipinski definition) is 2. The Bertz CT molecular complexity index is 964. The standard InChI is InChI=1S/C20H28N2O9S/c1-19(2)28-15-13(27-18-17(16(15)29-19)30-20(3,4)31-18)9-26-10-14(23)22-11-5-7-12(8-6-11)32(21,24)25/h5-8,13,15-18H,9-10H2,1-4H3,(H,22,23)(H2,21,24,25)/t13-,15+,16+,17+,18+/m1/s1. The van der Waals surface area contributed by atoms with E-state index in [1.165, 1.54) is 24.3 Å². The Morgan fingerprint density at radius 2 is 1.59 bits per heavy atom. The number of benzene rings is 1. The van der Waals surface area contributed by atoms with Gasteiger partial charge in [-0.1, -0.05) is 0 Å². The zero-order valence-corrected chi connectivity index (χ0v) is 19.1. The minimum absolute atomic E-state index is 0.0444. The van der Waals surface area contributed by atoms with Crippen molar-refractivity contribution < 1.29 is 41.6 Å². The van der Waals surface area contributed by atoms with E-state index in [-0.39, 0.29) is 18.1 Å². The number of amides is 1. The van der Waals surface area contributed by atoms with Crippen molar-refractivity contribution in [2.45, 2.75) is 74.9 Å². The molecule has 3 fully saturated rings. The zero-order chi connectivity index (χ0) is 23.3. The lowest BCUT2D eigenvalue weighted by atomic mass is 9.99. The molecule has 1 aromatic rings. The van der Waals surface area contributed by atoms with Gasteiger partial charge in [-0.15, -0.1) is 0 Å². The van der Waals surface area contributed by atoms with Crippen molar-refractivity contribution in [3.8, 4) is 0 Å². The minimum Gasteiger partial charge on any atom is -0.369 e. The second kappa shape index (κ2) is 8.29. The van der Waals surface area contributed by atoms with Crippen LogP contribution in [0, 0.1) is 0 Å². The van der Waals surface area contributed by atoms with Gasteiger partial charge in [0.15, 0.2) is 17.9 Å². The van der Waals surface area contributed by atoms with Crippen LogP contribution in [-0.4, -0.2) is 69.8 Å². The molecule has 3 aliphatic heterocycles. The van der Waals surface area contributed by atoms with E-state index < -0.39 is 58.2 Å². The molecule has 1 amide bonds. The Kier molecular flexibility index (Phi) is 6.09. The fourth-order valence-corrected chi connectivity index (χ4v) is 4.54. The van der Waals surface area contributed by atoms with Gasteiger partial charge in [-0.2, -0.15) is 0 Å². The fourth-order valence-electron chi connectivity index (χ4n) is 4.02. The molecule has 0 bridgehead atoms. The third kappa shape index (κ3) is 5.13. The molecule has 178 valence electrons. The Morgan fingerprint density at radius 1 is 1.00 bits per heavy atom. The summed E-state index contributed by atoms with van der Waals surface area (Å²) < 4.78 is 58.0. The van der Waals surface area contributed by atoms with Crippen LogP contribution in [0.25, 0.3) is 0 Å². The van der Waals surface area contributed by atoms with Crippen molar-refractivity contribution in [2.75, 3.05) is 18.5 Å². The molecule has 32 heavy (non-hydrogen) atoms. The van der Waals surface area contributed by atoms with Crippen molar-refractivity contribution in [1.82, 2.24) is 0 Å². The molecule has 12 heteroatoms. The summed E-state index contributed by atoms with van der Waals surface area (Å²) in [6, 6.07) is 5.50. The number of hydrogen-bond acceptors (Lipinski definition) is 9. The summed E-state index contributed by atoms with van der Waals surface area (Å²) in [4.78, 5) is 12.2. The van der Waals surface area contributed by atoms with Crippen molar-refractivity contribution in [3.05, 3.63) is 24.3 Å². The molecule has 0 unspecified atom stereocenters. The highest BCUT2D eigenvalue weighted by atomic mass is 32.2. The Labute approximate surface area is 186 Å². The van der Waals surface area contributed by atoms with Gasteiger partial charge >= 0.3 is 0 Å². The summed E-state index contributed by atoms with van der Waals surface area (Å²) in [7, 11) is -3.80. The maximum Gasteiger partial charge on any atom is 0.250 e. The highest BCUT2D eigenvalue weighted by Crippen LogP contribution is 2.44. The van der Waals surface area contributed by atoms with Crippen LogP contribution in [0.5, 0.6) is 0 Å². The maximum atomic E-state index is 12.2. The van der Waals surface area contributed by atoms with Crippen LogP contribution in [0.15, 0.2) is 29.2 Å².